The van der Waals surface area contributed by atoms with Crippen LogP contribution in [0.3, 0.4) is 0 Å². The highest BCUT2D eigenvalue weighted by Gasteiger charge is 2.34. The van der Waals surface area contributed by atoms with Crippen molar-refractivity contribution in [2.45, 2.75) is 45.8 Å². The predicted molar refractivity (Wildman–Crippen MR) is 90.3 cm³/mol. The minimum atomic E-state index is 0.0662. The van der Waals surface area contributed by atoms with Crippen molar-refractivity contribution in [2.24, 2.45) is 11.1 Å². The Labute approximate surface area is 130 Å². The summed E-state index contributed by atoms with van der Waals surface area (Å²) in [4.78, 5) is 5.05. The molecular weight excluding hydrogens is 258 g/mol. The molecule has 0 spiro atoms. The number of hydrogen-bond donors (Lipinski definition) is 1. The zero-order valence-electron chi connectivity index (χ0n) is 14.2. The quantitative estimate of drug-likeness (QED) is 0.925. The second-order valence-corrected chi connectivity index (χ2v) is 7.43. The summed E-state index contributed by atoms with van der Waals surface area (Å²) < 4.78 is 0. The Kier molecular flexibility index (Phi) is 5.07. The van der Waals surface area contributed by atoms with Crippen molar-refractivity contribution < 1.29 is 0 Å². The Bertz CT molecular complexity index is 431. The van der Waals surface area contributed by atoms with Crippen LogP contribution in [0.2, 0.25) is 0 Å². The minimum absolute atomic E-state index is 0.0662. The molecule has 0 aromatic heterocycles. The van der Waals surface area contributed by atoms with Crippen molar-refractivity contribution in [3.63, 3.8) is 0 Å². The van der Waals surface area contributed by atoms with Crippen molar-refractivity contribution in [2.75, 3.05) is 26.7 Å². The lowest BCUT2D eigenvalue weighted by molar-refractivity contribution is 0.0328. The van der Waals surface area contributed by atoms with E-state index in [9.17, 15) is 0 Å². The van der Waals surface area contributed by atoms with Crippen LogP contribution in [-0.2, 0) is 0 Å². The Morgan fingerprint density at radius 2 is 1.67 bits per heavy atom. The van der Waals surface area contributed by atoms with Gasteiger partial charge in [-0.1, -0.05) is 44.2 Å². The van der Waals surface area contributed by atoms with Gasteiger partial charge in [0.05, 0.1) is 0 Å². The van der Waals surface area contributed by atoms with E-state index >= 15 is 0 Å². The maximum atomic E-state index is 6.55. The second kappa shape index (κ2) is 6.47. The number of nitrogens with zero attached hydrogens (tertiary/aromatic N) is 2. The molecule has 0 radical (unpaired) electrons. The van der Waals surface area contributed by atoms with E-state index in [1.807, 2.05) is 6.07 Å². The molecule has 0 aliphatic carbocycles. The fourth-order valence-corrected chi connectivity index (χ4v) is 3.43. The third-order valence-electron chi connectivity index (χ3n) is 5.07. The van der Waals surface area contributed by atoms with Gasteiger partial charge in [0.1, 0.15) is 0 Å². The van der Waals surface area contributed by atoms with Gasteiger partial charge in [-0.05, 0) is 31.9 Å². The number of piperazine rings is 1. The van der Waals surface area contributed by atoms with Crippen LogP contribution in [0.5, 0.6) is 0 Å². The van der Waals surface area contributed by atoms with E-state index in [4.69, 9.17) is 5.73 Å². The molecular formula is C18H31N3. The van der Waals surface area contributed by atoms with Crippen molar-refractivity contribution >= 4 is 0 Å². The van der Waals surface area contributed by atoms with Gasteiger partial charge >= 0.3 is 0 Å². The molecule has 1 aromatic rings. The third-order valence-corrected chi connectivity index (χ3v) is 5.07. The van der Waals surface area contributed by atoms with E-state index in [2.05, 4.69) is 68.8 Å². The standard InChI is InChI=1S/C18H31N3/c1-14-11-21(12-15(2)20(14)5)13-18(3,4)17(19)16-9-7-6-8-10-16/h6-10,14-15,17H,11-13,19H2,1-5H3. The molecule has 3 nitrogen and oxygen atoms in total. The molecule has 118 valence electrons. The molecule has 3 unspecified atom stereocenters. The van der Waals surface area contributed by atoms with Crippen LogP contribution >= 0.6 is 0 Å². The second-order valence-electron chi connectivity index (χ2n) is 7.43. The monoisotopic (exact) mass is 289 g/mol. The maximum Gasteiger partial charge on any atom is 0.0359 e. The minimum Gasteiger partial charge on any atom is -0.323 e. The molecule has 0 amide bonds. The molecule has 2 rings (SSSR count). The Hall–Kier alpha value is -0.900. The fourth-order valence-electron chi connectivity index (χ4n) is 3.43. The first-order valence-electron chi connectivity index (χ1n) is 8.06. The van der Waals surface area contributed by atoms with Crippen LogP contribution in [-0.4, -0.2) is 48.6 Å². The van der Waals surface area contributed by atoms with E-state index in [-0.39, 0.29) is 11.5 Å². The highest BCUT2D eigenvalue weighted by atomic mass is 15.3. The zero-order chi connectivity index (χ0) is 15.6. The molecule has 0 bridgehead atoms. The average molecular weight is 289 g/mol. The number of benzene rings is 1. The number of likely N-dealkylation sites (N-methyl/N-ethyl adjacent to an activating group) is 1. The highest BCUT2D eigenvalue weighted by Crippen LogP contribution is 2.33. The smallest absolute Gasteiger partial charge is 0.0359 e. The van der Waals surface area contributed by atoms with Crippen molar-refractivity contribution in [3.8, 4) is 0 Å². The Morgan fingerprint density at radius 3 is 2.19 bits per heavy atom. The van der Waals surface area contributed by atoms with E-state index in [0.29, 0.717) is 12.1 Å². The molecule has 2 N–H and O–H groups in total. The van der Waals surface area contributed by atoms with Crippen LogP contribution in [0.25, 0.3) is 0 Å². The summed E-state index contributed by atoms with van der Waals surface area (Å²) in [6.07, 6.45) is 0. The van der Waals surface area contributed by atoms with Gasteiger partial charge in [0, 0.05) is 37.8 Å². The summed E-state index contributed by atoms with van der Waals surface area (Å²) in [5.74, 6) is 0. The number of hydrogen-bond acceptors (Lipinski definition) is 3. The zero-order valence-corrected chi connectivity index (χ0v) is 14.2. The molecule has 1 aliphatic rings. The van der Waals surface area contributed by atoms with Gasteiger partial charge in [0.25, 0.3) is 0 Å². The number of rotatable bonds is 4. The highest BCUT2D eigenvalue weighted by molar-refractivity contribution is 5.20. The van der Waals surface area contributed by atoms with E-state index in [0.717, 1.165) is 19.6 Å². The maximum absolute atomic E-state index is 6.55. The Balaban J connectivity index is 2.04. The van der Waals surface area contributed by atoms with Crippen LogP contribution < -0.4 is 5.73 Å². The molecule has 1 aromatic carbocycles. The lowest BCUT2D eigenvalue weighted by atomic mass is 9.80. The molecule has 1 fully saturated rings. The molecule has 21 heavy (non-hydrogen) atoms. The lowest BCUT2D eigenvalue weighted by Crippen LogP contribution is -2.57. The first kappa shape index (κ1) is 16.5. The van der Waals surface area contributed by atoms with Crippen molar-refractivity contribution in [3.05, 3.63) is 35.9 Å². The van der Waals surface area contributed by atoms with Crippen LogP contribution in [0.4, 0.5) is 0 Å². The molecule has 0 saturated carbocycles. The first-order valence-corrected chi connectivity index (χ1v) is 8.06. The molecule has 3 atom stereocenters. The molecule has 1 saturated heterocycles. The van der Waals surface area contributed by atoms with Crippen LogP contribution in [0.1, 0.15) is 39.3 Å². The molecule has 1 aliphatic heterocycles. The summed E-state index contributed by atoms with van der Waals surface area (Å²) in [6, 6.07) is 11.8. The van der Waals surface area contributed by atoms with Gasteiger partial charge in [-0.3, -0.25) is 9.80 Å². The van der Waals surface area contributed by atoms with Gasteiger partial charge in [0.15, 0.2) is 0 Å². The summed E-state index contributed by atoms with van der Waals surface area (Å²) in [5.41, 5.74) is 7.85. The topological polar surface area (TPSA) is 32.5 Å². The first-order chi connectivity index (χ1) is 9.81. The average Bonchev–Trinajstić information content (AvgIpc) is 2.44. The molecule has 3 heteroatoms. The largest absolute Gasteiger partial charge is 0.323 e. The normalized spacial score (nSPS) is 26.8. The summed E-state index contributed by atoms with van der Waals surface area (Å²) >= 11 is 0. The summed E-state index contributed by atoms with van der Waals surface area (Å²) in [7, 11) is 2.23. The lowest BCUT2D eigenvalue weighted by Gasteiger charge is -2.46. The van der Waals surface area contributed by atoms with Gasteiger partial charge in [0.2, 0.25) is 0 Å². The summed E-state index contributed by atoms with van der Waals surface area (Å²) in [5, 5.41) is 0. The van der Waals surface area contributed by atoms with E-state index in [1.54, 1.807) is 0 Å². The third kappa shape index (κ3) is 3.85. The Morgan fingerprint density at radius 1 is 1.14 bits per heavy atom. The van der Waals surface area contributed by atoms with Gasteiger partial charge in [-0.2, -0.15) is 0 Å². The fraction of sp³-hybridized carbons (Fsp3) is 0.667. The predicted octanol–water partition coefficient (Wildman–Crippen LogP) is 2.74. The van der Waals surface area contributed by atoms with Crippen LogP contribution in [0, 0.1) is 5.41 Å². The van der Waals surface area contributed by atoms with E-state index < -0.39 is 0 Å². The molecule has 1 heterocycles. The SMILES string of the molecule is CC1CN(CC(C)(C)C(N)c2ccccc2)CC(C)N1C. The van der Waals surface area contributed by atoms with Crippen molar-refractivity contribution in [1.29, 1.82) is 0 Å². The number of nitrogens with two attached hydrogens (primary N) is 1. The van der Waals surface area contributed by atoms with Gasteiger partial charge in [-0.15, -0.1) is 0 Å². The summed E-state index contributed by atoms with van der Waals surface area (Å²) in [6.45, 7) is 12.5. The van der Waals surface area contributed by atoms with Gasteiger partial charge < -0.3 is 5.73 Å². The van der Waals surface area contributed by atoms with Crippen molar-refractivity contribution in [1.82, 2.24) is 9.80 Å². The van der Waals surface area contributed by atoms with Crippen LogP contribution in [0.15, 0.2) is 30.3 Å². The van der Waals surface area contributed by atoms with Gasteiger partial charge in [-0.25, -0.2) is 0 Å². The van der Waals surface area contributed by atoms with E-state index in [1.165, 1.54) is 5.56 Å².